The Morgan fingerprint density at radius 2 is 0.803 bits per heavy atom. The predicted octanol–water partition coefficient (Wildman–Crippen LogP) is 15.9. The first-order chi connectivity index (χ1) is 30.2. The van der Waals surface area contributed by atoms with Gasteiger partial charge in [-0.3, -0.25) is 0 Å². The molecule has 0 aliphatic rings. The van der Waals surface area contributed by atoms with Crippen LogP contribution in [0.25, 0.3) is 121 Å². The topological polar surface area (TPSA) is 23.0 Å². The van der Waals surface area contributed by atoms with Crippen LogP contribution in [0, 0.1) is 0 Å². The van der Waals surface area contributed by atoms with E-state index in [0.29, 0.717) is 0 Å². The molecule has 0 spiro atoms. The average molecular weight is 777 g/mol. The van der Waals surface area contributed by atoms with Gasteiger partial charge in [0.15, 0.2) is 0 Å². The largest absolute Gasteiger partial charge is 0.455 e. The van der Waals surface area contributed by atoms with Crippen LogP contribution in [0.4, 0.5) is 0 Å². The summed E-state index contributed by atoms with van der Waals surface area (Å²) >= 11 is 0. The Hall–Kier alpha value is -8.14. The van der Waals surface area contributed by atoms with E-state index in [4.69, 9.17) is 4.42 Å². The van der Waals surface area contributed by atoms with E-state index in [2.05, 4.69) is 221 Å². The molecule has 10 aromatic carbocycles. The molecule has 0 atom stereocenters. The number of fused-ring (bicyclic) bond motifs is 10. The second-order valence-electron chi connectivity index (χ2n) is 16.1. The van der Waals surface area contributed by atoms with Crippen molar-refractivity contribution >= 4 is 76.3 Å². The van der Waals surface area contributed by atoms with E-state index in [9.17, 15) is 0 Å². The van der Waals surface area contributed by atoms with Crippen molar-refractivity contribution in [2.24, 2.45) is 0 Å². The summed E-state index contributed by atoms with van der Waals surface area (Å²) in [5.41, 5.74) is 15.9. The van der Waals surface area contributed by atoms with Gasteiger partial charge in [0.1, 0.15) is 11.2 Å². The molecule has 0 saturated heterocycles. The maximum absolute atomic E-state index is 6.50. The van der Waals surface area contributed by atoms with Gasteiger partial charge in [-0.2, -0.15) is 0 Å². The van der Waals surface area contributed by atoms with Crippen molar-refractivity contribution in [1.82, 2.24) is 9.13 Å². The van der Waals surface area contributed by atoms with Crippen molar-refractivity contribution in [1.29, 1.82) is 0 Å². The van der Waals surface area contributed by atoms with Gasteiger partial charge in [-0.15, -0.1) is 0 Å². The van der Waals surface area contributed by atoms with Crippen LogP contribution in [0.1, 0.15) is 0 Å². The fourth-order valence-corrected chi connectivity index (χ4v) is 9.80. The molecular formula is C58H36N2O. The number of nitrogens with zero attached hydrogens (tertiary/aromatic N) is 2. The van der Waals surface area contributed by atoms with E-state index in [1.165, 1.54) is 82.3 Å². The summed E-state index contributed by atoms with van der Waals surface area (Å²) in [6.07, 6.45) is 0. The van der Waals surface area contributed by atoms with Gasteiger partial charge in [0, 0.05) is 49.3 Å². The van der Waals surface area contributed by atoms with Crippen molar-refractivity contribution in [2.45, 2.75) is 0 Å². The van der Waals surface area contributed by atoms with Crippen LogP contribution < -0.4 is 0 Å². The Balaban J connectivity index is 0.914. The SMILES string of the molecule is c1ccc(-n2c3ccc(-c4ccc(-c5ccc6c(c5)c5ccccc5n6-c5ccc6ccccc6c5)cc4)cc3c3cc(-c4cccc5c4oc4ccccc45)ccc32)cc1. The van der Waals surface area contributed by atoms with Crippen molar-refractivity contribution in [3.63, 3.8) is 0 Å². The molecule has 0 unspecified atom stereocenters. The molecule has 0 radical (unpaired) electrons. The number of furan rings is 1. The van der Waals surface area contributed by atoms with Crippen LogP contribution in [0.3, 0.4) is 0 Å². The third kappa shape index (κ3) is 5.24. The molecule has 0 amide bonds. The minimum atomic E-state index is 0.910. The number of benzene rings is 10. The first-order valence-electron chi connectivity index (χ1n) is 20.9. The standard InChI is InChI=1S/C58H36N2O/c1-2-13-44(14-3-1)59-55-31-27-42(35-51(55)52-36-43(28-32-56(52)59)46-17-10-18-49-48-16-7-9-20-57(48)61-58(46)49)39-23-21-38(22-24-39)41-26-30-54-50(34-41)47-15-6-8-19-53(47)60(54)45-29-25-37-11-4-5-12-40(37)33-45/h1-36H. The van der Waals surface area contributed by atoms with E-state index >= 15 is 0 Å². The summed E-state index contributed by atoms with van der Waals surface area (Å²) in [7, 11) is 0. The van der Waals surface area contributed by atoms with Gasteiger partial charge < -0.3 is 13.6 Å². The Morgan fingerprint density at radius 1 is 0.279 bits per heavy atom. The summed E-state index contributed by atoms with van der Waals surface area (Å²) in [4.78, 5) is 0. The lowest BCUT2D eigenvalue weighted by Crippen LogP contribution is -1.93. The van der Waals surface area contributed by atoms with Crippen LogP contribution >= 0.6 is 0 Å². The zero-order valence-electron chi connectivity index (χ0n) is 33.1. The van der Waals surface area contributed by atoms with Gasteiger partial charge in [0.2, 0.25) is 0 Å². The molecule has 0 N–H and O–H groups in total. The van der Waals surface area contributed by atoms with Gasteiger partial charge in [-0.25, -0.2) is 0 Å². The number of hydrogen-bond acceptors (Lipinski definition) is 1. The lowest BCUT2D eigenvalue weighted by molar-refractivity contribution is 0.670. The quantitative estimate of drug-likeness (QED) is 0.171. The summed E-state index contributed by atoms with van der Waals surface area (Å²) in [6.45, 7) is 0. The Labute approximate surface area is 351 Å². The highest BCUT2D eigenvalue weighted by Gasteiger charge is 2.18. The molecule has 0 fully saturated rings. The highest BCUT2D eigenvalue weighted by atomic mass is 16.3. The number of hydrogen-bond donors (Lipinski definition) is 0. The highest BCUT2D eigenvalue weighted by molar-refractivity contribution is 6.14. The Morgan fingerprint density at radius 3 is 1.54 bits per heavy atom. The van der Waals surface area contributed by atoms with Gasteiger partial charge in [-0.1, -0.05) is 146 Å². The van der Waals surface area contributed by atoms with Crippen LogP contribution in [0.2, 0.25) is 0 Å². The minimum absolute atomic E-state index is 0.910. The van der Waals surface area contributed by atoms with E-state index in [-0.39, 0.29) is 0 Å². The molecule has 13 aromatic rings. The molecule has 0 aliphatic carbocycles. The third-order valence-corrected chi connectivity index (χ3v) is 12.7. The molecule has 0 aliphatic heterocycles. The summed E-state index contributed by atoms with van der Waals surface area (Å²) in [5, 5.41) is 9.70. The lowest BCUT2D eigenvalue weighted by atomic mass is 9.97. The molecule has 61 heavy (non-hydrogen) atoms. The molecule has 0 saturated carbocycles. The van der Waals surface area contributed by atoms with Gasteiger partial charge in [0.25, 0.3) is 0 Å². The molecule has 3 aromatic heterocycles. The van der Waals surface area contributed by atoms with Gasteiger partial charge in [-0.05, 0) is 111 Å². The third-order valence-electron chi connectivity index (χ3n) is 12.7. The fraction of sp³-hybridized carbons (Fsp3) is 0. The van der Waals surface area contributed by atoms with E-state index < -0.39 is 0 Å². The van der Waals surface area contributed by atoms with Crippen LogP contribution in [0.15, 0.2) is 223 Å². The molecule has 0 bridgehead atoms. The normalized spacial score (nSPS) is 11.9. The maximum Gasteiger partial charge on any atom is 0.143 e. The first-order valence-corrected chi connectivity index (χ1v) is 20.9. The molecule has 3 heteroatoms. The van der Waals surface area contributed by atoms with Crippen LogP contribution in [-0.2, 0) is 0 Å². The zero-order valence-corrected chi connectivity index (χ0v) is 33.1. The monoisotopic (exact) mass is 776 g/mol. The Bertz CT molecular complexity index is 3860. The number of aromatic nitrogens is 2. The van der Waals surface area contributed by atoms with Crippen LogP contribution in [-0.4, -0.2) is 9.13 Å². The maximum atomic E-state index is 6.50. The van der Waals surface area contributed by atoms with E-state index in [1.807, 2.05) is 6.07 Å². The second-order valence-corrected chi connectivity index (χ2v) is 16.1. The summed E-state index contributed by atoms with van der Waals surface area (Å²) in [5.74, 6) is 0. The lowest BCUT2D eigenvalue weighted by Gasteiger charge is -2.10. The van der Waals surface area contributed by atoms with Crippen molar-refractivity contribution in [3.8, 4) is 44.8 Å². The zero-order chi connectivity index (χ0) is 40.0. The minimum Gasteiger partial charge on any atom is -0.455 e. The summed E-state index contributed by atoms with van der Waals surface area (Å²) < 4.78 is 11.3. The molecular weight excluding hydrogens is 741 g/mol. The van der Waals surface area contributed by atoms with Crippen LogP contribution in [0.5, 0.6) is 0 Å². The molecule has 13 rings (SSSR count). The van der Waals surface area contributed by atoms with Crippen molar-refractivity contribution in [3.05, 3.63) is 218 Å². The predicted molar refractivity (Wildman–Crippen MR) is 256 cm³/mol. The van der Waals surface area contributed by atoms with Gasteiger partial charge >= 0.3 is 0 Å². The molecule has 284 valence electrons. The van der Waals surface area contributed by atoms with E-state index in [0.717, 1.165) is 38.8 Å². The van der Waals surface area contributed by atoms with E-state index in [1.54, 1.807) is 0 Å². The number of rotatable bonds is 5. The smallest absolute Gasteiger partial charge is 0.143 e. The number of para-hydroxylation sites is 4. The van der Waals surface area contributed by atoms with Crippen molar-refractivity contribution in [2.75, 3.05) is 0 Å². The second kappa shape index (κ2) is 13.2. The molecule has 3 heterocycles. The summed E-state index contributed by atoms with van der Waals surface area (Å²) in [6, 6.07) is 79.3. The molecule has 3 nitrogen and oxygen atoms in total. The van der Waals surface area contributed by atoms with Crippen molar-refractivity contribution < 1.29 is 4.42 Å². The highest BCUT2D eigenvalue weighted by Crippen LogP contribution is 2.41. The fourth-order valence-electron chi connectivity index (χ4n) is 9.80. The average Bonchev–Trinajstić information content (AvgIpc) is 3.99. The van der Waals surface area contributed by atoms with Gasteiger partial charge in [0.05, 0.1) is 22.1 Å². The Kier molecular flexibility index (Phi) is 7.31. The first kappa shape index (κ1) is 33.8.